The average Bonchev–Trinajstić information content (AvgIpc) is 2.29. The Balaban J connectivity index is 2.37. The summed E-state index contributed by atoms with van der Waals surface area (Å²) < 4.78 is 27.5. The fraction of sp³-hybridized carbons (Fsp3) is 0. The lowest BCUT2D eigenvalue weighted by molar-refractivity contribution is 0.601. The SMILES string of the molecule is Nc1cc(Br)ccc1S(=O)(=O)Nc1ccccc1. The molecule has 0 heterocycles. The Morgan fingerprint density at radius 3 is 2.33 bits per heavy atom. The van der Waals surface area contributed by atoms with Crippen LogP contribution in [-0.4, -0.2) is 8.42 Å². The molecule has 4 nitrogen and oxygen atoms in total. The summed E-state index contributed by atoms with van der Waals surface area (Å²) in [4.78, 5) is 0.0644. The van der Waals surface area contributed by atoms with E-state index in [0.717, 1.165) is 4.47 Å². The molecule has 2 aromatic rings. The van der Waals surface area contributed by atoms with Gasteiger partial charge in [-0.2, -0.15) is 0 Å². The van der Waals surface area contributed by atoms with Crippen LogP contribution < -0.4 is 10.5 Å². The van der Waals surface area contributed by atoms with E-state index in [-0.39, 0.29) is 10.6 Å². The maximum absolute atomic E-state index is 12.1. The van der Waals surface area contributed by atoms with Crippen LogP contribution in [-0.2, 0) is 10.0 Å². The summed E-state index contributed by atoms with van der Waals surface area (Å²) in [5.74, 6) is 0. The molecule has 0 aliphatic rings. The number of anilines is 2. The van der Waals surface area contributed by atoms with Gasteiger partial charge in [-0.05, 0) is 30.3 Å². The molecule has 0 atom stereocenters. The molecule has 0 aliphatic carbocycles. The highest BCUT2D eigenvalue weighted by Crippen LogP contribution is 2.24. The van der Waals surface area contributed by atoms with Crippen molar-refractivity contribution in [3.8, 4) is 0 Å². The molecular formula is C12H11BrN2O2S. The van der Waals surface area contributed by atoms with Crippen LogP contribution >= 0.6 is 15.9 Å². The molecule has 0 saturated heterocycles. The van der Waals surface area contributed by atoms with Crippen LogP contribution in [0.5, 0.6) is 0 Å². The van der Waals surface area contributed by atoms with Crippen molar-refractivity contribution in [2.24, 2.45) is 0 Å². The molecule has 3 N–H and O–H groups in total. The van der Waals surface area contributed by atoms with Gasteiger partial charge in [0.2, 0.25) is 0 Å². The van der Waals surface area contributed by atoms with E-state index in [1.807, 2.05) is 6.07 Å². The zero-order valence-corrected chi connectivity index (χ0v) is 11.7. The molecule has 2 aromatic carbocycles. The Bertz CT molecular complexity index is 657. The predicted octanol–water partition coefficient (Wildman–Crippen LogP) is 2.83. The largest absolute Gasteiger partial charge is 0.398 e. The molecule has 6 heteroatoms. The molecule has 0 unspecified atom stereocenters. The van der Waals surface area contributed by atoms with Gasteiger partial charge in [0.1, 0.15) is 4.90 Å². The van der Waals surface area contributed by atoms with Gasteiger partial charge in [-0.25, -0.2) is 8.42 Å². The molecule has 0 aliphatic heterocycles. The van der Waals surface area contributed by atoms with Crippen molar-refractivity contribution in [2.45, 2.75) is 4.90 Å². The third-order valence-electron chi connectivity index (χ3n) is 2.29. The molecule has 0 spiro atoms. The van der Waals surface area contributed by atoms with Crippen molar-refractivity contribution in [3.05, 3.63) is 53.0 Å². The minimum Gasteiger partial charge on any atom is -0.398 e. The van der Waals surface area contributed by atoms with Gasteiger partial charge >= 0.3 is 0 Å². The van der Waals surface area contributed by atoms with Crippen molar-refractivity contribution in [1.82, 2.24) is 0 Å². The number of nitrogens with one attached hydrogen (secondary N) is 1. The van der Waals surface area contributed by atoms with Gasteiger partial charge in [-0.3, -0.25) is 4.72 Å². The summed E-state index contributed by atoms with van der Waals surface area (Å²) in [5.41, 5.74) is 6.41. The lowest BCUT2D eigenvalue weighted by Gasteiger charge is -2.10. The number of nitrogens with two attached hydrogens (primary N) is 1. The maximum atomic E-state index is 12.1. The minimum atomic E-state index is -3.66. The lowest BCUT2D eigenvalue weighted by atomic mass is 10.3. The summed E-state index contributed by atoms with van der Waals surface area (Å²) in [7, 11) is -3.66. The van der Waals surface area contributed by atoms with Crippen LogP contribution in [0, 0.1) is 0 Å². The van der Waals surface area contributed by atoms with Crippen molar-refractivity contribution in [2.75, 3.05) is 10.5 Å². The summed E-state index contributed by atoms with van der Waals surface area (Å²) >= 11 is 3.23. The number of hydrogen-bond acceptors (Lipinski definition) is 3. The molecule has 18 heavy (non-hydrogen) atoms. The molecular weight excluding hydrogens is 316 g/mol. The van der Waals surface area contributed by atoms with E-state index in [4.69, 9.17) is 5.73 Å². The zero-order chi connectivity index (χ0) is 13.2. The van der Waals surface area contributed by atoms with Crippen LogP contribution in [0.1, 0.15) is 0 Å². The summed E-state index contributed by atoms with van der Waals surface area (Å²) in [6.07, 6.45) is 0. The van der Waals surface area contributed by atoms with E-state index in [2.05, 4.69) is 20.7 Å². The van der Waals surface area contributed by atoms with Gasteiger partial charge < -0.3 is 5.73 Å². The smallest absolute Gasteiger partial charge is 0.263 e. The molecule has 2 rings (SSSR count). The Morgan fingerprint density at radius 1 is 1.06 bits per heavy atom. The second-order valence-electron chi connectivity index (χ2n) is 3.65. The van der Waals surface area contributed by atoms with E-state index < -0.39 is 10.0 Å². The van der Waals surface area contributed by atoms with E-state index >= 15 is 0 Å². The Kier molecular flexibility index (Phi) is 3.58. The number of benzene rings is 2. The number of hydrogen-bond donors (Lipinski definition) is 2. The lowest BCUT2D eigenvalue weighted by Crippen LogP contribution is -2.14. The van der Waals surface area contributed by atoms with Crippen molar-refractivity contribution >= 4 is 37.3 Å². The quantitative estimate of drug-likeness (QED) is 0.852. The van der Waals surface area contributed by atoms with Crippen LogP contribution in [0.15, 0.2) is 57.9 Å². The van der Waals surface area contributed by atoms with Crippen molar-refractivity contribution in [3.63, 3.8) is 0 Å². The fourth-order valence-electron chi connectivity index (χ4n) is 1.48. The second-order valence-corrected chi connectivity index (χ2v) is 6.22. The summed E-state index contributed by atoms with van der Waals surface area (Å²) in [6, 6.07) is 13.3. The third-order valence-corrected chi connectivity index (χ3v) is 4.24. The van der Waals surface area contributed by atoms with E-state index in [0.29, 0.717) is 5.69 Å². The van der Waals surface area contributed by atoms with Crippen LogP contribution in [0.3, 0.4) is 0 Å². The number of sulfonamides is 1. The first-order valence-electron chi connectivity index (χ1n) is 5.12. The minimum absolute atomic E-state index is 0.0644. The first kappa shape index (κ1) is 12.9. The first-order chi connectivity index (χ1) is 8.49. The topological polar surface area (TPSA) is 72.2 Å². The molecule has 94 valence electrons. The number of nitrogen functional groups attached to an aromatic ring is 1. The molecule has 0 saturated carbocycles. The van der Waals surface area contributed by atoms with Crippen molar-refractivity contribution in [1.29, 1.82) is 0 Å². The van der Waals surface area contributed by atoms with Gasteiger partial charge in [0, 0.05) is 10.2 Å². The van der Waals surface area contributed by atoms with Gasteiger partial charge in [0.15, 0.2) is 0 Å². The zero-order valence-electron chi connectivity index (χ0n) is 9.30. The fourth-order valence-corrected chi connectivity index (χ4v) is 3.03. The van der Waals surface area contributed by atoms with Gasteiger partial charge in [-0.1, -0.05) is 34.1 Å². The number of rotatable bonds is 3. The Labute approximate surface area is 114 Å². The normalized spacial score (nSPS) is 11.2. The summed E-state index contributed by atoms with van der Waals surface area (Å²) in [5, 5.41) is 0. The number of halogens is 1. The van der Waals surface area contributed by atoms with Gasteiger partial charge in [0.25, 0.3) is 10.0 Å². The Hall–Kier alpha value is -1.53. The van der Waals surface area contributed by atoms with E-state index in [1.165, 1.54) is 6.07 Å². The highest BCUT2D eigenvalue weighted by Gasteiger charge is 2.17. The average molecular weight is 327 g/mol. The van der Waals surface area contributed by atoms with Crippen LogP contribution in [0.4, 0.5) is 11.4 Å². The molecule has 0 fully saturated rings. The summed E-state index contributed by atoms with van der Waals surface area (Å²) in [6.45, 7) is 0. The van der Waals surface area contributed by atoms with Crippen LogP contribution in [0.25, 0.3) is 0 Å². The van der Waals surface area contributed by atoms with E-state index in [1.54, 1.807) is 36.4 Å². The molecule has 0 radical (unpaired) electrons. The number of para-hydroxylation sites is 1. The Morgan fingerprint density at radius 2 is 1.72 bits per heavy atom. The van der Waals surface area contributed by atoms with Gasteiger partial charge in [0.05, 0.1) is 5.69 Å². The second kappa shape index (κ2) is 4.99. The molecule has 0 amide bonds. The van der Waals surface area contributed by atoms with Crippen LogP contribution in [0.2, 0.25) is 0 Å². The first-order valence-corrected chi connectivity index (χ1v) is 7.39. The monoisotopic (exact) mass is 326 g/mol. The highest BCUT2D eigenvalue weighted by molar-refractivity contribution is 9.10. The van der Waals surface area contributed by atoms with Crippen molar-refractivity contribution < 1.29 is 8.42 Å². The standard InChI is InChI=1S/C12H11BrN2O2S/c13-9-6-7-12(11(14)8-9)18(16,17)15-10-4-2-1-3-5-10/h1-8,15H,14H2. The molecule has 0 aromatic heterocycles. The van der Waals surface area contributed by atoms with E-state index in [9.17, 15) is 8.42 Å². The highest BCUT2D eigenvalue weighted by atomic mass is 79.9. The predicted molar refractivity (Wildman–Crippen MR) is 75.8 cm³/mol. The third kappa shape index (κ3) is 2.83. The van der Waals surface area contributed by atoms with Gasteiger partial charge in [-0.15, -0.1) is 0 Å². The molecule has 0 bridgehead atoms. The maximum Gasteiger partial charge on any atom is 0.263 e.